The third kappa shape index (κ3) is 3.61. The highest BCUT2D eigenvalue weighted by atomic mass is 79.9. The topological polar surface area (TPSA) is 26.3 Å². The molecule has 17 heavy (non-hydrogen) atoms. The molecule has 1 aliphatic rings. The van der Waals surface area contributed by atoms with Gasteiger partial charge in [0.1, 0.15) is 11.6 Å². The first kappa shape index (κ1) is 12.7. The van der Waals surface area contributed by atoms with Crippen LogP contribution >= 0.6 is 15.9 Å². The van der Waals surface area contributed by atoms with Crippen molar-refractivity contribution in [1.29, 1.82) is 0 Å². The van der Waals surface area contributed by atoms with E-state index >= 15 is 0 Å². The van der Waals surface area contributed by atoms with Crippen molar-refractivity contribution in [2.45, 2.75) is 31.8 Å². The quantitative estimate of drug-likeness (QED) is 0.853. The molecule has 1 unspecified atom stereocenters. The maximum Gasteiger partial charge on any atom is 0.139 e. The number of rotatable bonds is 4. The molecule has 92 valence electrons. The fourth-order valence-corrected chi connectivity index (χ4v) is 2.41. The van der Waals surface area contributed by atoms with Gasteiger partial charge in [-0.25, -0.2) is 4.39 Å². The van der Waals surface area contributed by atoms with E-state index in [1.54, 1.807) is 6.07 Å². The maximum atomic E-state index is 13.0. The number of benzene rings is 1. The monoisotopic (exact) mass is 300 g/mol. The Bertz CT molecular complexity index is 414. The Kier molecular flexibility index (Phi) is 4.29. The van der Waals surface area contributed by atoms with Gasteiger partial charge in [-0.15, -0.1) is 0 Å². The van der Waals surface area contributed by atoms with Gasteiger partial charge in [-0.3, -0.25) is 4.79 Å². The number of halogens is 2. The van der Waals surface area contributed by atoms with E-state index in [-0.39, 0.29) is 24.1 Å². The van der Waals surface area contributed by atoms with Gasteiger partial charge in [0.05, 0.1) is 6.10 Å². The van der Waals surface area contributed by atoms with Crippen molar-refractivity contribution in [2.24, 2.45) is 0 Å². The lowest BCUT2D eigenvalue weighted by molar-refractivity contribution is -0.120. The highest BCUT2D eigenvalue weighted by Gasteiger charge is 2.19. The Morgan fingerprint density at radius 3 is 3.06 bits per heavy atom. The van der Waals surface area contributed by atoms with Crippen molar-refractivity contribution < 1.29 is 13.9 Å². The summed E-state index contributed by atoms with van der Waals surface area (Å²) in [4.78, 5) is 11.8. The lowest BCUT2D eigenvalue weighted by atomic mass is 10.0. The summed E-state index contributed by atoms with van der Waals surface area (Å²) in [5.41, 5.74) is 0.702. The van der Waals surface area contributed by atoms with Crippen LogP contribution in [0.1, 0.15) is 24.8 Å². The number of ether oxygens (including phenoxy) is 1. The number of Topliss-reactive ketones (excluding diaryl/α,β-unsaturated/α-hetero) is 1. The van der Waals surface area contributed by atoms with Crippen molar-refractivity contribution in [3.63, 3.8) is 0 Å². The Labute approximate surface area is 108 Å². The summed E-state index contributed by atoms with van der Waals surface area (Å²) in [7, 11) is 0. The van der Waals surface area contributed by atoms with Crippen LogP contribution in [0.4, 0.5) is 4.39 Å². The molecule has 2 rings (SSSR count). The number of hydrogen-bond donors (Lipinski definition) is 0. The van der Waals surface area contributed by atoms with Gasteiger partial charge in [0, 0.05) is 23.9 Å². The molecule has 0 radical (unpaired) electrons. The molecule has 4 heteroatoms. The zero-order valence-corrected chi connectivity index (χ0v) is 11.0. The highest BCUT2D eigenvalue weighted by molar-refractivity contribution is 9.10. The van der Waals surface area contributed by atoms with E-state index in [0.29, 0.717) is 12.0 Å². The van der Waals surface area contributed by atoms with Gasteiger partial charge >= 0.3 is 0 Å². The normalized spacial score (nSPS) is 19.5. The summed E-state index contributed by atoms with van der Waals surface area (Å²) in [6, 6.07) is 4.40. The zero-order chi connectivity index (χ0) is 12.3. The third-order valence-electron chi connectivity index (χ3n) is 2.87. The van der Waals surface area contributed by atoms with Crippen LogP contribution in [0.5, 0.6) is 0 Å². The van der Waals surface area contributed by atoms with E-state index in [2.05, 4.69) is 15.9 Å². The fourth-order valence-electron chi connectivity index (χ4n) is 2.02. The second kappa shape index (κ2) is 5.74. The van der Waals surface area contributed by atoms with Crippen LogP contribution in [0.15, 0.2) is 22.7 Å². The van der Waals surface area contributed by atoms with Crippen molar-refractivity contribution in [1.82, 2.24) is 0 Å². The SMILES string of the molecule is O=C(Cc1cc(F)ccc1Br)CC1CCCO1. The van der Waals surface area contributed by atoms with E-state index in [0.717, 1.165) is 23.9 Å². The number of ketones is 1. The van der Waals surface area contributed by atoms with Gasteiger partial charge in [-0.2, -0.15) is 0 Å². The lowest BCUT2D eigenvalue weighted by Crippen LogP contribution is -2.14. The largest absolute Gasteiger partial charge is 0.378 e. The van der Waals surface area contributed by atoms with Crippen molar-refractivity contribution in [2.75, 3.05) is 6.61 Å². The van der Waals surface area contributed by atoms with Gasteiger partial charge in [0.15, 0.2) is 0 Å². The van der Waals surface area contributed by atoms with Crippen LogP contribution in [0.3, 0.4) is 0 Å². The molecule has 0 spiro atoms. The van der Waals surface area contributed by atoms with Crippen LogP contribution in [-0.2, 0) is 16.0 Å². The second-order valence-corrected chi connectivity index (χ2v) is 5.14. The molecule has 1 aliphatic heterocycles. The molecule has 0 N–H and O–H groups in total. The molecule has 1 atom stereocenters. The zero-order valence-electron chi connectivity index (χ0n) is 9.42. The minimum absolute atomic E-state index is 0.0647. The Balaban J connectivity index is 1.95. The number of carbonyl (C=O) groups is 1. The van der Waals surface area contributed by atoms with Crippen LogP contribution < -0.4 is 0 Å². The summed E-state index contributed by atoms with van der Waals surface area (Å²) in [5.74, 6) is -0.212. The van der Waals surface area contributed by atoms with E-state index in [1.165, 1.54) is 12.1 Å². The average molecular weight is 301 g/mol. The second-order valence-electron chi connectivity index (χ2n) is 4.29. The smallest absolute Gasteiger partial charge is 0.139 e. The Morgan fingerprint density at radius 1 is 1.53 bits per heavy atom. The van der Waals surface area contributed by atoms with Crippen LogP contribution in [0.25, 0.3) is 0 Å². The van der Waals surface area contributed by atoms with Crippen molar-refractivity contribution >= 4 is 21.7 Å². The van der Waals surface area contributed by atoms with Crippen molar-refractivity contribution in [3.05, 3.63) is 34.1 Å². The summed E-state index contributed by atoms with van der Waals surface area (Å²) in [5, 5.41) is 0. The van der Waals surface area contributed by atoms with E-state index in [1.807, 2.05) is 0 Å². The van der Waals surface area contributed by atoms with Gasteiger partial charge < -0.3 is 4.74 Å². The van der Waals surface area contributed by atoms with Gasteiger partial charge in [0.2, 0.25) is 0 Å². The Hall–Kier alpha value is -0.740. The summed E-state index contributed by atoms with van der Waals surface area (Å²) in [6.45, 7) is 0.752. The molecule has 1 aromatic rings. The van der Waals surface area contributed by atoms with Crippen LogP contribution in [-0.4, -0.2) is 18.5 Å². The first-order valence-electron chi connectivity index (χ1n) is 5.72. The molecule has 1 heterocycles. The van der Waals surface area contributed by atoms with Gasteiger partial charge in [0.25, 0.3) is 0 Å². The van der Waals surface area contributed by atoms with Crippen LogP contribution in [0.2, 0.25) is 0 Å². The lowest BCUT2D eigenvalue weighted by Gasteiger charge is -2.09. The number of hydrogen-bond acceptors (Lipinski definition) is 2. The first-order valence-corrected chi connectivity index (χ1v) is 6.51. The molecule has 1 saturated heterocycles. The molecule has 1 aromatic carbocycles. The minimum Gasteiger partial charge on any atom is -0.378 e. The van der Waals surface area contributed by atoms with Crippen molar-refractivity contribution in [3.8, 4) is 0 Å². The minimum atomic E-state index is -0.312. The predicted octanol–water partition coefficient (Wildman–Crippen LogP) is 3.27. The summed E-state index contributed by atoms with van der Waals surface area (Å²) in [6.07, 6.45) is 2.74. The molecular weight excluding hydrogens is 287 g/mol. The predicted molar refractivity (Wildman–Crippen MR) is 66.4 cm³/mol. The highest BCUT2D eigenvalue weighted by Crippen LogP contribution is 2.21. The maximum absolute atomic E-state index is 13.0. The van der Waals surface area contributed by atoms with Gasteiger partial charge in [-0.1, -0.05) is 15.9 Å². The first-order chi connectivity index (χ1) is 8.15. The third-order valence-corrected chi connectivity index (χ3v) is 3.65. The van der Waals surface area contributed by atoms with E-state index in [9.17, 15) is 9.18 Å². The molecule has 1 fully saturated rings. The molecule has 0 aromatic heterocycles. The molecule has 0 amide bonds. The van der Waals surface area contributed by atoms with E-state index in [4.69, 9.17) is 4.74 Å². The van der Waals surface area contributed by atoms with Crippen LogP contribution in [0, 0.1) is 5.82 Å². The standard InChI is InChI=1S/C13H14BrFO2/c14-13-4-3-10(15)6-9(13)7-11(16)8-12-2-1-5-17-12/h3-4,6,12H,1-2,5,7-8H2. The van der Waals surface area contributed by atoms with Gasteiger partial charge in [-0.05, 0) is 36.6 Å². The molecule has 0 aliphatic carbocycles. The Morgan fingerprint density at radius 2 is 2.35 bits per heavy atom. The fraction of sp³-hybridized carbons (Fsp3) is 0.462. The molecular formula is C13H14BrFO2. The summed E-state index contributed by atoms with van der Waals surface area (Å²) >= 11 is 3.32. The summed E-state index contributed by atoms with van der Waals surface area (Å²) < 4.78 is 19.2. The van der Waals surface area contributed by atoms with E-state index < -0.39 is 0 Å². The number of carbonyl (C=O) groups excluding carboxylic acids is 1. The molecule has 2 nitrogen and oxygen atoms in total. The average Bonchev–Trinajstić information content (AvgIpc) is 2.76. The molecule has 0 bridgehead atoms. The molecule has 0 saturated carbocycles.